The molecule has 5 aromatic rings. The summed E-state index contributed by atoms with van der Waals surface area (Å²) < 4.78 is 5.92. The van der Waals surface area contributed by atoms with Gasteiger partial charge in [0, 0.05) is 16.3 Å². The van der Waals surface area contributed by atoms with Crippen LogP contribution in [-0.4, -0.2) is 10.9 Å². The quantitative estimate of drug-likeness (QED) is 0.327. The number of amides is 1. The number of oxazole rings is 1. The first-order chi connectivity index (χ1) is 14.6. The highest BCUT2D eigenvalue weighted by Gasteiger charge is 2.13. The van der Waals surface area contributed by atoms with Crippen LogP contribution in [0.25, 0.3) is 33.3 Å². The number of hydrogen-bond donors (Lipinski definition) is 1. The van der Waals surface area contributed by atoms with Gasteiger partial charge in [0.25, 0.3) is 5.91 Å². The number of nitrogens with one attached hydrogen (secondary N) is 1. The summed E-state index contributed by atoms with van der Waals surface area (Å²) in [6.07, 6.45) is 0. The highest BCUT2D eigenvalue weighted by atomic mass is 35.5. The summed E-state index contributed by atoms with van der Waals surface area (Å²) in [4.78, 5) is 17.1. The zero-order chi connectivity index (χ0) is 20.7. The number of anilines is 1. The van der Waals surface area contributed by atoms with Crippen LogP contribution in [0.15, 0.2) is 83.3 Å². The highest BCUT2D eigenvalue weighted by Crippen LogP contribution is 2.29. The van der Waals surface area contributed by atoms with Gasteiger partial charge in [-0.05, 0) is 59.3 Å². The van der Waals surface area contributed by atoms with E-state index in [9.17, 15) is 4.79 Å². The minimum absolute atomic E-state index is 0.293. The maximum Gasteiger partial charge on any atom is 0.257 e. The van der Waals surface area contributed by atoms with E-state index < -0.39 is 0 Å². The van der Waals surface area contributed by atoms with Crippen LogP contribution >= 0.6 is 23.2 Å². The molecule has 146 valence electrons. The van der Waals surface area contributed by atoms with E-state index in [-0.39, 0.29) is 5.91 Å². The van der Waals surface area contributed by atoms with E-state index in [1.165, 1.54) is 6.07 Å². The van der Waals surface area contributed by atoms with Gasteiger partial charge in [-0.2, -0.15) is 0 Å². The van der Waals surface area contributed by atoms with Gasteiger partial charge in [0.1, 0.15) is 5.52 Å². The van der Waals surface area contributed by atoms with Crippen molar-refractivity contribution in [3.8, 4) is 11.5 Å². The number of hydrogen-bond acceptors (Lipinski definition) is 3. The first kappa shape index (κ1) is 18.7. The molecular formula is C24H14Cl2N2O2. The van der Waals surface area contributed by atoms with E-state index in [0.29, 0.717) is 38.3 Å². The molecule has 0 atom stereocenters. The number of carbonyl (C=O) groups is 1. The minimum Gasteiger partial charge on any atom is -0.436 e. The molecule has 0 spiro atoms. The molecule has 1 N–H and O–H groups in total. The summed E-state index contributed by atoms with van der Waals surface area (Å²) in [5.41, 5.74) is 3.12. The van der Waals surface area contributed by atoms with Crippen LogP contribution in [0.5, 0.6) is 0 Å². The van der Waals surface area contributed by atoms with Crippen molar-refractivity contribution in [2.24, 2.45) is 0 Å². The Balaban J connectivity index is 1.45. The molecule has 1 amide bonds. The van der Waals surface area contributed by atoms with Gasteiger partial charge in [-0.15, -0.1) is 0 Å². The Hall–Kier alpha value is -3.34. The lowest BCUT2D eigenvalue weighted by Gasteiger charge is -2.06. The largest absolute Gasteiger partial charge is 0.436 e. The van der Waals surface area contributed by atoms with Crippen LogP contribution in [-0.2, 0) is 0 Å². The third-order valence-corrected chi connectivity index (χ3v) is 5.37. The summed E-state index contributed by atoms with van der Waals surface area (Å²) in [5.74, 6) is 0.203. The van der Waals surface area contributed by atoms with Gasteiger partial charge < -0.3 is 9.73 Å². The maximum atomic E-state index is 12.6. The number of nitrogens with zero attached hydrogens (tertiary/aromatic N) is 1. The Morgan fingerprint density at radius 2 is 1.70 bits per heavy atom. The molecule has 0 unspecified atom stereocenters. The van der Waals surface area contributed by atoms with Crippen molar-refractivity contribution >= 4 is 56.7 Å². The monoisotopic (exact) mass is 432 g/mol. The molecule has 5 rings (SSSR count). The third kappa shape index (κ3) is 3.52. The van der Waals surface area contributed by atoms with Crippen molar-refractivity contribution in [3.05, 3.63) is 94.5 Å². The van der Waals surface area contributed by atoms with Gasteiger partial charge in [-0.1, -0.05) is 53.5 Å². The fourth-order valence-corrected chi connectivity index (χ4v) is 3.82. The summed E-state index contributed by atoms with van der Waals surface area (Å²) >= 11 is 12.0. The topological polar surface area (TPSA) is 55.1 Å². The van der Waals surface area contributed by atoms with Crippen LogP contribution in [0.1, 0.15) is 10.4 Å². The summed E-state index contributed by atoms with van der Waals surface area (Å²) in [5, 5.41) is 5.87. The second-order valence-electron chi connectivity index (χ2n) is 6.84. The van der Waals surface area contributed by atoms with E-state index in [0.717, 1.165) is 16.3 Å². The highest BCUT2D eigenvalue weighted by molar-refractivity contribution is 6.37. The van der Waals surface area contributed by atoms with E-state index in [1.54, 1.807) is 30.3 Å². The molecule has 0 saturated carbocycles. The van der Waals surface area contributed by atoms with Crippen molar-refractivity contribution in [1.29, 1.82) is 0 Å². The molecule has 0 saturated heterocycles. The maximum absolute atomic E-state index is 12.6. The number of carbonyl (C=O) groups excluding carboxylic acids is 1. The molecule has 1 heterocycles. The molecule has 0 aliphatic heterocycles. The Kier molecular flexibility index (Phi) is 4.66. The molecule has 0 aliphatic rings. The van der Waals surface area contributed by atoms with E-state index in [4.69, 9.17) is 27.6 Å². The fourth-order valence-electron chi connectivity index (χ4n) is 3.32. The zero-order valence-corrected chi connectivity index (χ0v) is 17.0. The number of aromatic nitrogens is 1. The molecule has 30 heavy (non-hydrogen) atoms. The van der Waals surface area contributed by atoms with Crippen LogP contribution in [0, 0.1) is 0 Å². The van der Waals surface area contributed by atoms with E-state index in [1.807, 2.05) is 30.3 Å². The van der Waals surface area contributed by atoms with Crippen LogP contribution in [0.2, 0.25) is 10.0 Å². The number of benzene rings is 4. The molecule has 0 radical (unpaired) electrons. The Morgan fingerprint density at radius 1 is 0.867 bits per heavy atom. The third-order valence-electron chi connectivity index (χ3n) is 4.82. The van der Waals surface area contributed by atoms with Crippen molar-refractivity contribution in [2.75, 3.05) is 5.32 Å². The Bertz CT molecular complexity index is 1430. The second-order valence-corrected chi connectivity index (χ2v) is 7.69. The molecule has 4 nitrogen and oxygen atoms in total. The number of halogens is 2. The van der Waals surface area contributed by atoms with Crippen LogP contribution in [0.4, 0.5) is 5.69 Å². The average molecular weight is 433 g/mol. The van der Waals surface area contributed by atoms with E-state index in [2.05, 4.69) is 22.4 Å². The van der Waals surface area contributed by atoms with Gasteiger partial charge in [0.15, 0.2) is 5.58 Å². The predicted molar refractivity (Wildman–Crippen MR) is 121 cm³/mol. The number of fused-ring (bicyclic) bond motifs is 2. The Labute approximate surface area is 182 Å². The standard InChI is InChI=1S/C24H14Cl2N2O2/c25-17-7-9-19(20(26)12-17)23(29)27-18-8-10-22-21(13-18)28-24(30-22)16-6-5-14-3-1-2-4-15(14)11-16/h1-13H,(H,27,29). The SMILES string of the molecule is O=C(Nc1ccc2oc(-c3ccc4ccccc4c3)nc2c1)c1ccc(Cl)cc1Cl. The van der Waals surface area contributed by atoms with Crippen LogP contribution in [0.3, 0.4) is 0 Å². The van der Waals surface area contributed by atoms with Gasteiger partial charge >= 0.3 is 0 Å². The van der Waals surface area contributed by atoms with Crippen molar-refractivity contribution in [2.45, 2.75) is 0 Å². The van der Waals surface area contributed by atoms with Gasteiger partial charge in [-0.3, -0.25) is 4.79 Å². The molecule has 4 aromatic carbocycles. The lowest BCUT2D eigenvalue weighted by molar-refractivity contribution is 0.102. The van der Waals surface area contributed by atoms with Crippen molar-refractivity contribution in [3.63, 3.8) is 0 Å². The van der Waals surface area contributed by atoms with Crippen molar-refractivity contribution in [1.82, 2.24) is 4.98 Å². The zero-order valence-electron chi connectivity index (χ0n) is 15.5. The number of rotatable bonds is 3. The van der Waals surface area contributed by atoms with Crippen molar-refractivity contribution < 1.29 is 9.21 Å². The van der Waals surface area contributed by atoms with Gasteiger partial charge in [0.2, 0.25) is 5.89 Å². The smallest absolute Gasteiger partial charge is 0.257 e. The molecule has 0 aliphatic carbocycles. The summed E-state index contributed by atoms with van der Waals surface area (Å²) in [6, 6.07) is 24.3. The summed E-state index contributed by atoms with van der Waals surface area (Å²) in [7, 11) is 0. The molecule has 6 heteroatoms. The van der Waals surface area contributed by atoms with Crippen LogP contribution < -0.4 is 5.32 Å². The lowest BCUT2D eigenvalue weighted by Crippen LogP contribution is -2.12. The first-order valence-corrected chi connectivity index (χ1v) is 9.98. The normalized spacial score (nSPS) is 11.1. The van der Waals surface area contributed by atoms with E-state index >= 15 is 0 Å². The first-order valence-electron chi connectivity index (χ1n) is 9.23. The molecular weight excluding hydrogens is 419 g/mol. The molecule has 0 bridgehead atoms. The molecule has 1 aromatic heterocycles. The second kappa shape index (κ2) is 7.48. The molecule has 0 fully saturated rings. The van der Waals surface area contributed by atoms with Gasteiger partial charge in [0.05, 0.1) is 10.6 Å². The predicted octanol–water partition coefficient (Wildman–Crippen LogP) is 7.21. The lowest BCUT2D eigenvalue weighted by atomic mass is 10.1. The van der Waals surface area contributed by atoms with Gasteiger partial charge in [-0.25, -0.2) is 4.98 Å². The average Bonchev–Trinajstić information content (AvgIpc) is 3.16. The Morgan fingerprint density at radius 3 is 2.53 bits per heavy atom. The minimum atomic E-state index is -0.325. The summed E-state index contributed by atoms with van der Waals surface area (Å²) in [6.45, 7) is 0. The fraction of sp³-hybridized carbons (Fsp3) is 0.